The standard InChI is InChI=1S/C8H9N5/c1-5-11-4-6-2-3-7(8(9)10)13(6)12-5/h2-4H,1H3,(H3,9,10). The van der Waals surface area contributed by atoms with E-state index in [1.54, 1.807) is 23.7 Å². The summed E-state index contributed by atoms with van der Waals surface area (Å²) in [4.78, 5) is 4.04. The van der Waals surface area contributed by atoms with E-state index in [2.05, 4.69) is 10.1 Å². The van der Waals surface area contributed by atoms with Crippen LogP contribution in [0.15, 0.2) is 18.3 Å². The summed E-state index contributed by atoms with van der Waals surface area (Å²) in [7, 11) is 0. The van der Waals surface area contributed by atoms with Crippen LogP contribution in [0.5, 0.6) is 0 Å². The van der Waals surface area contributed by atoms with Crippen molar-refractivity contribution in [3.63, 3.8) is 0 Å². The van der Waals surface area contributed by atoms with E-state index in [0.717, 1.165) is 5.52 Å². The molecular formula is C8H9N5. The molecule has 3 N–H and O–H groups in total. The molecular weight excluding hydrogens is 166 g/mol. The molecule has 2 aromatic rings. The molecule has 0 radical (unpaired) electrons. The van der Waals surface area contributed by atoms with Crippen LogP contribution >= 0.6 is 0 Å². The molecule has 66 valence electrons. The molecule has 2 aromatic heterocycles. The number of rotatable bonds is 1. The van der Waals surface area contributed by atoms with Gasteiger partial charge in [-0.3, -0.25) is 5.41 Å². The zero-order valence-corrected chi connectivity index (χ0v) is 7.15. The molecule has 0 fully saturated rings. The fourth-order valence-corrected chi connectivity index (χ4v) is 1.19. The number of hydrogen-bond donors (Lipinski definition) is 2. The number of aromatic nitrogens is 3. The molecule has 13 heavy (non-hydrogen) atoms. The molecule has 0 saturated heterocycles. The Balaban J connectivity index is 2.79. The van der Waals surface area contributed by atoms with Gasteiger partial charge in [-0.05, 0) is 19.1 Å². The number of amidine groups is 1. The van der Waals surface area contributed by atoms with E-state index in [9.17, 15) is 0 Å². The van der Waals surface area contributed by atoms with Gasteiger partial charge in [-0.1, -0.05) is 0 Å². The molecule has 0 bridgehead atoms. The van der Waals surface area contributed by atoms with Crippen LogP contribution in [0.3, 0.4) is 0 Å². The molecule has 0 saturated carbocycles. The van der Waals surface area contributed by atoms with Gasteiger partial charge in [0.15, 0.2) is 0 Å². The average molecular weight is 175 g/mol. The topological polar surface area (TPSA) is 80.1 Å². The van der Waals surface area contributed by atoms with Crippen LogP contribution in [0.1, 0.15) is 11.5 Å². The fraction of sp³-hybridized carbons (Fsp3) is 0.125. The predicted molar refractivity (Wildman–Crippen MR) is 48.7 cm³/mol. The fourth-order valence-electron chi connectivity index (χ4n) is 1.19. The molecule has 0 aromatic carbocycles. The zero-order valence-electron chi connectivity index (χ0n) is 7.15. The van der Waals surface area contributed by atoms with Gasteiger partial charge in [0.05, 0.1) is 11.7 Å². The van der Waals surface area contributed by atoms with Crippen LogP contribution in [0.2, 0.25) is 0 Å². The summed E-state index contributed by atoms with van der Waals surface area (Å²) in [6, 6.07) is 3.59. The third-order valence-corrected chi connectivity index (χ3v) is 1.79. The van der Waals surface area contributed by atoms with E-state index < -0.39 is 0 Å². The highest BCUT2D eigenvalue weighted by Gasteiger charge is 2.04. The first kappa shape index (κ1) is 7.72. The average Bonchev–Trinajstić information content (AvgIpc) is 2.46. The third-order valence-electron chi connectivity index (χ3n) is 1.79. The van der Waals surface area contributed by atoms with Crippen molar-refractivity contribution in [3.05, 3.63) is 29.8 Å². The number of nitrogens with two attached hydrogens (primary N) is 1. The van der Waals surface area contributed by atoms with Gasteiger partial charge in [0.1, 0.15) is 17.4 Å². The number of nitrogens with one attached hydrogen (secondary N) is 1. The van der Waals surface area contributed by atoms with Crippen LogP contribution < -0.4 is 5.73 Å². The third kappa shape index (κ3) is 1.14. The van der Waals surface area contributed by atoms with Crippen molar-refractivity contribution in [2.45, 2.75) is 6.92 Å². The van der Waals surface area contributed by atoms with Crippen molar-refractivity contribution < 1.29 is 0 Å². The molecule has 5 heteroatoms. The van der Waals surface area contributed by atoms with Crippen LogP contribution in [0.4, 0.5) is 0 Å². The summed E-state index contributed by atoms with van der Waals surface area (Å²) in [6.45, 7) is 1.79. The van der Waals surface area contributed by atoms with Crippen molar-refractivity contribution >= 4 is 11.4 Å². The maximum atomic E-state index is 7.30. The van der Waals surface area contributed by atoms with E-state index in [1.807, 2.05) is 6.07 Å². The number of hydrogen-bond acceptors (Lipinski definition) is 3. The SMILES string of the molecule is Cc1ncc2ccc(C(=N)N)n2n1. The minimum Gasteiger partial charge on any atom is -0.382 e. The first-order valence-electron chi connectivity index (χ1n) is 3.84. The van der Waals surface area contributed by atoms with Crippen molar-refractivity contribution in [1.82, 2.24) is 14.6 Å². The summed E-state index contributed by atoms with van der Waals surface area (Å²) in [5.74, 6) is 0.671. The van der Waals surface area contributed by atoms with Gasteiger partial charge in [-0.15, -0.1) is 0 Å². The maximum absolute atomic E-state index is 7.30. The quantitative estimate of drug-likeness (QED) is 0.484. The lowest BCUT2D eigenvalue weighted by atomic mass is 10.4. The molecule has 0 spiro atoms. The van der Waals surface area contributed by atoms with Gasteiger partial charge < -0.3 is 5.73 Å². The molecule has 0 aliphatic heterocycles. The summed E-state index contributed by atoms with van der Waals surface area (Å²) >= 11 is 0. The van der Waals surface area contributed by atoms with Crippen LogP contribution in [0, 0.1) is 12.3 Å². The summed E-state index contributed by atoms with van der Waals surface area (Å²) in [6.07, 6.45) is 1.70. The van der Waals surface area contributed by atoms with Crippen molar-refractivity contribution in [1.29, 1.82) is 5.41 Å². The Labute approximate surface area is 74.7 Å². The first-order chi connectivity index (χ1) is 6.18. The van der Waals surface area contributed by atoms with Gasteiger partial charge in [-0.25, -0.2) is 9.50 Å². The zero-order chi connectivity index (χ0) is 9.42. The Bertz CT molecular complexity index is 470. The van der Waals surface area contributed by atoms with E-state index >= 15 is 0 Å². The number of nitrogen functional groups attached to an aromatic ring is 1. The molecule has 0 amide bonds. The molecule has 0 aliphatic rings. The monoisotopic (exact) mass is 175 g/mol. The first-order valence-corrected chi connectivity index (χ1v) is 3.84. The van der Waals surface area contributed by atoms with Gasteiger partial charge >= 0.3 is 0 Å². The summed E-state index contributed by atoms with van der Waals surface area (Å²) in [5, 5.41) is 11.4. The van der Waals surface area contributed by atoms with Gasteiger partial charge in [0, 0.05) is 0 Å². The Morgan fingerprint density at radius 1 is 1.54 bits per heavy atom. The van der Waals surface area contributed by atoms with E-state index in [0.29, 0.717) is 11.5 Å². The minimum absolute atomic E-state index is 0.0121. The van der Waals surface area contributed by atoms with Crippen LogP contribution in [-0.2, 0) is 0 Å². The van der Waals surface area contributed by atoms with Crippen molar-refractivity contribution in [2.75, 3.05) is 0 Å². The predicted octanol–water partition coefficient (Wildman–Crippen LogP) is 0.322. The van der Waals surface area contributed by atoms with Crippen LogP contribution in [-0.4, -0.2) is 20.4 Å². The number of fused-ring (bicyclic) bond motifs is 1. The van der Waals surface area contributed by atoms with E-state index in [-0.39, 0.29) is 5.84 Å². The van der Waals surface area contributed by atoms with Gasteiger partial charge in [0.2, 0.25) is 0 Å². The molecule has 0 atom stereocenters. The minimum atomic E-state index is 0.0121. The van der Waals surface area contributed by atoms with E-state index in [1.165, 1.54) is 0 Å². The highest BCUT2D eigenvalue weighted by Crippen LogP contribution is 2.06. The Hall–Kier alpha value is -1.91. The van der Waals surface area contributed by atoms with Crippen molar-refractivity contribution in [2.24, 2.45) is 5.73 Å². The van der Waals surface area contributed by atoms with E-state index in [4.69, 9.17) is 11.1 Å². The molecule has 2 heterocycles. The molecule has 2 rings (SSSR count). The summed E-state index contributed by atoms with van der Waals surface area (Å²) in [5.41, 5.74) is 6.82. The smallest absolute Gasteiger partial charge is 0.146 e. The number of aryl methyl sites for hydroxylation is 1. The highest BCUT2D eigenvalue weighted by atomic mass is 15.3. The lowest BCUT2D eigenvalue weighted by Gasteiger charge is -1.99. The normalized spacial score (nSPS) is 10.5. The highest BCUT2D eigenvalue weighted by molar-refractivity contribution is 5.94. The molecule has 5 nitrogen and oxygen atoms in total. The lowest BCUT2D eigenvalue weighted by Crippen LogP contribution is -2.15. The Kier molecular flexibility index (Phi) is 1.51. The largest absolute Gasteiger partial charge is 0.382 e. The van der Waals surface area contributed by atoms with Gasteiger partial charge in [-0.2, -0.15) is 5.10 Å². The number of nitrogens with zero attached hydrogens (tertiary/aromatic N) is 3. The Morgan fingerprint density at radius 3 is 3.00 bits per heavy atom. The molecule has 0 unspecified atom stereocenters. The van der Waals surface area contributed by atoms with Crippen LogP contribution in [0.25, 0.3) is 5.52 Å². The lowest BCUT2D eigenvalue weighted by molar-refractivity contribution is 0.848. The maximum Gasteiger partial charge on any atom is 0.146 e. The molecule has 0 aliphatic carbocycles. The van der Waals surface area contributed by atoms with Gasteiger partial charge in [0.25, 0.3) is 0 Å². The van der Waals surface area contributed by atoms with Crippen molar-refractivity contribution in [3.8, 4) is 0 Å². The Morgan fingerprint density at radius 2 is 2.31 bits per heavy atom. The summed E-state index contributed by atoms with van der Waals surface area (Å²) < 4.78 is 1.62. The second kappa shape index (κ2) is 2.55. The second-order valence-corrected chi connectivity index (χ2v) is 2.77. The second-order valence-electron chi connectivity index (χ2n) is 2.77.